The number of nitrogens with zero attached hydrogens (tertiary/aromatic N) is 6. The van der Waals surface area contributed by atoms with Crippen LogP contribution < -0.4 is 64.6 Å². The van der Waals surface area contributed by atoms with Gasteiger partial charge in [0.15, 0.2) is 0 Å². The Morgan fingerprint density at radius 2 is 1.06 bits per heavy atom. The van der Waals surface area contributed by atoms with Crippen LogP contribution in [0.1, 0.15) is 134 Å². The highest BCUT2D eigenvalue weighted by Crippen LogP contribution is 2.30. The zero-order chi connectivity index (χ0) is 94.7. The van der Waals surface area contributed by atoms with E-state index in [1.54, 1.807) is 55.8 Å². The first-order chi connectivity index (χ1) is 62.0. The van der Waals surface area contributed by atoms with E-state index in [0.717, 1.165) is 41.4 Å². The van der Waals surface area contributed by atoms with Gasteiger partial charge in [-0.3, -0.25) is 81.5 Å². The van der Waals surface area contributed by atoms with Crippen molar-refractivity contribution >= 4 is 145 Å². The predicted molar refractivity (Wildman–Crippen MR) is 480 cm³/mol. The standard InChI is InChI=1S/C88H120N20O20S2/c1-9-11-22-67-81(121)102-65(43-110)80(120)103-66(76(116)93-41-73(90)113)45-129-46-74(114)95-61(34-50-27-29-54(111)30-28-50)84(124)104(6)49(5)75(115)98-63(38-72(89)112)87(127)108-32-18-25-69(108)83(123)97-59(37-53-40-91-47-94-53)78(118)99-60(33-48(3)4)86(126)107-31-17-24-68(107)82(122)96-58(35-51-39-92-57-21-15-13-19-55(51)57)77(117)101-64(42-109)79(119)100-62(36-52-44-130-71-26-16-14-20-56(52)71)85(125)106(8)70(23-12-10-2)88(128)105(67)7/h13-16,19-21,26-30,39-40,44,47-49,58-70,92,109-111H,9-12,17-18,22-25,31-38,41-43,45-46H2,1-8H3,(H2,89,112)(H2,90,113)(H,91,94)(H,93,116)(H,95,114)(H,96,122)(H,97,123)(H,98,115)(H,99,118)(H,100,119)(H,101,117)(H,102,121)(H,103,120)/t49-,58-,59-,60-,61-,62-,63-,64-,65-,66?,67-,68-,69-,70-/m0/s1. The number of hydrogen-bond donors (Lipinski definition) is 17. The Labute approximate surface area is 759 Å². The number of unbranched alkanes of at least 4 members (excludes halogenated alkanes) is 2. The van der Waals surface area contributed by atoms with Gasteiger partial charge in [0.1, 0.15) is 90.3 Å². The molecule has 130 heavy (non-hydrogen) atoms. The van der Waals surface area contributed by atoms with E-state index in [4.69, 9.17) is 11.5 Å². The number of carbonyl (C=O) groups excluding carboxylic acids is 17. The lowest BCUT2D eigenvalue weighted by molar-refractivity contribution is -0.149. The molecule has 0 aliphatic carbocycles. The number of fused-ring (bicyclic) bond motifs is 4. The van der Waals surface area contributed by atoms with E-state index < -0.39 is 223 Å². The smallest absolute Gasteiger partial charge is 0.246 e. The van der Waals surface area contributed by atoms with Crippen molar-refractivity contribution in [3.8, 4) is 5.75 Å². The third-order valence-electron chi connectivity index (χ3n) is 23.4. The van der Waals surface area contributed by atoms with Gasteiger partial charge >= 0.3 is 0 Å². The fourth-order valence-corrected chi connectivity index (χ4v) is 17.9. The number of hydrogen-bond acceptors (Lipinski definition) is 23. The van der Waals surface area contributed by atoms with Gasteiger partial charge in [-0.1, -0.05) is 102 Å². The van der Waals surface area contributed by atoms with Crippen molar-refractivity contribution in [3.63, 3.8) is 0 Å². The molecule has 704 valence electrons. The first-order valence-electron chi connectivity index (χ1n) is 43.6. The van der Waals surface area contributed by atoms with Crippen molar-refractivity contribution in [2.75, 3.05) is 65.5 Å². The minimum absolute atomic E-state index is 0.00149. The number of imidazole rings is 1. The summed E-state index contributed by atoms with van der Waals surface area (Å²) in [5.74, 6) is -17.2. The number of amides is 17. The molecule has 0 bridgehead atoms. The maximum absolute atomic E-state index is 15.6. The van der Waals surface area contributed by atoms with Crippen LogP contribution in [0.4, 0.5) is 0 Å². The number of nitrogens with one attached hydrogen (secondary N) is 12. The molecule has 3 fully saturated rings. The van der Waals surface area contributed by atoms with Crippen molar-refractivity contribution < 1.29 is 96.8 Å². The van der Waals surface area contributed by atoms with E-state index in [0.29, 0.717) is 59.0 Å². The third kappa shape index (κ3) is 27.3. The average Bonchev–Trinajstić information content (AvgIpc) is 1.69. The summed E-state index contributed by atoms with van der Waals surface area (Å²) in [6.45, 7) is 5.54. The number of phenols is 1. The number of nitrogens with two attached hydrogens (primary N) is 2. The number of phenolic OH excluding ortho intramolecular Hbond substituents is 1. The number of H-pyrrole nitrogens is 2. The van der Waals surface area contributed by atoms with E-state index >= 15 is 33.6 Å². The Balaban J connectivity index is 1.08. The SMILES string of the molecule is CCCC[C@H]1C(=O)N(C)[C@@H](CCCC)C(=O)N[C@@H](CO)C(=O)NC(C(=O)NCC(N)=O)CSCC(=O)N[C@@H](Cc2ccc(O)cc2)C(=O)N(C)[C@@H](C)C(=O)N[C@@H](CC(N)=O)C(=O)N2CCC[C@H]2C(=O)N[C@@H](Cc2cnc[nH]2)C(=O)N[C@@H](CC(C)C)C(=O)N2CCC[C@H]2C(=O)N[C@@H](Cc2c[nH]c3ccccc23)C(=O)N[C@@H](CO)C(=O)N[C@@H](Cc2csc3ccccc23)C(=O)N1C. The molecular weight excluding hydrogens is 1720 g/mol. The van der Waals surface area contributed by atoms with Crippen LogP contribution >= 0.6 is 23.1 Å². The molecule has 3 aliphatic rings. The zero-order valence-corrected chi connectivity index (χ0v) is 75.7. The average molecular weight is 1840 g/mol. The second-order valence-electron chi connectivity index (χ2n) is 33.4. The van der Waals surface area contributed by atoms with Crippen LogP contribution in [0.25, 0.3) is 21.0 Å². The summed E-state index contributed by atoms with van der Waals surface area (Å²) < 4.78 is 0.824. The fraction of sp³-hybridized carbons (Fsp3) is 0.523. The molecule has 9 rings (SSSR count). The number of aromatic nitrogens is 3. The number of benzene rings is 3. The topological polar surface area (TPSA) is 584 Å². The minimum Gasteiger partial charge on any atom is -0.508 e. The fourth-order valence-electron chi connectivity index (χ4n) is 16.1. The lowest BCUT2D eigenvalue weighted by atomic mass is 10.00. The molecule has 3 aromatic carbocycles. The molecule has 42 heteroatoms. The predicted octanol–water partition coefficient (Wildman–Crippen LogP) is -1.44. The molecular formula is C88H120N20O20S2. The van der Waals surface area contributed by atoms with Gasteiger partial charge in [-0.2, -0.15) is 0 Å². The number of thiophene rings is 1. The molecule has 6 heterocycles. The molecule has 0 spiro atoms. The largest absolute Gasteiger partial charge is 0.508 e. The maximum Gasteiger partial charge on any atom is 0.246 e. The van der Waals surface area contributed by atoms with Gasteiger partial charge in [-0.25, -0.2) is 4.98 Å². The van der Waals surface area contributed by atoms with Gasteiger partial charge in [0, 0.05) is 99.4 Å². The normalized spacial score (nSPS) is 24.7. The van der Waals surface area contributed by atoms with Gasteiger partial charge in [-0.15, -0.1) is 23.1 Å². The summed E-state index contributed by atoms with van der Waals surface area (Å²) in [4.78, 5) is 264. The van der Waals surface area contributed by atoms with Crippen molar-refractivity contribution in [3.05, 3.63) is 119 Å². The van der Waals surface area contributed by atoms with Crippen LogP contribution in [-0.2, 0) is 107 Å². The van der Waals surface area contributed by atoms with Crippen LogP contribution in [0, 0.1) is 5.92 Å². The van der Waals surface area contributed by atoms with E-state index in [2.05, 4.69) is 68.1 Å². The lowest BCUT2D eigenvalue weighted by Crippen LogP contribution is -2.62. The van der Waals surface area contributed by atoms with E-state index in [1.807, 2.05) is 32.0 Å². The van der Waals surface area contributed by atoms with Crippen LogP contribution in [-0.4, -0.2) is 305 Å². The van der Waals surface area contributed by atoms with Gasteiger partial charge < -0.3 is 114 Å². The zero-order valence-electron chi connectivity index (χ0n) is 74.1. The number of primary amides is 2. The number of aromatic amines is 2. The van der Waals surface area contributed by atoms with Crippen LogP contribution in [0.5, 0.6) is 5.75 Å². The number of para-hydroxylation sites is 1. The van der Waals surface area contributed by atoms with Gasteiger partial charge in [-0.05, 0) is 110 Å². The van der Waals surface area contributed by atoms with Crippen molar-refractivity contribution in [2.45, 2.75) is 222 Å². The molecule has 14 atom stereocenters. The number of thioether (sulfide) groups is 1. The summed E-state index contributed by atoms with van der Waals surface area (Å²) in [5, 5.41) is 61.6. The summed E-state index contributed by atoms with van der Waals surface area (Å²) in [6, 6.07) is -1.51. The van der Waals surface area contributed by atoms with Gasteiger partial charge in [0.05, 0.1) is 38.3 Å². The monoisotopic (exact) mass is 1840 g/mol. The molecule has 0 radical (unpaired) electrons. The molecule has 40 nitrogen and oxygen atoms in total. The van der Waals surface area contributed by atoms with E-state index in [-0.39, 0.29) is 95.4 Å². The van der Waals surface area contributed by atoms with E-state index in [9.17, 15) is 63.3 Å². The molecule has 3 saturated heterocycles. The Morgan fingerprint density at radius 1 is 0.538 bits per heavy atom. The Morgan fingerprint density at radius 3 is 1.66 bits per heavy atom. The van der Waals surface area contributed by atoms with Crippen molar-refractivity contribution in [2.24, 2.45) is 17.4 Å². The highest BCUT2D eigenvalue weighted by atomic mass is 32.2. The maximum atomic E-state index is 15.6. The van der Waals surface area contributed by atoms with Gasteiger partial charge in [0.25, 0.3) is 0 Å². The summed E-state index contributed by atoms with van der Waals surface area (Å²) >= 11 is 2.09. The molecule has 19 N–H and O–H groups in total. The number of aliphatic hydroxyl groups is 2. The molecule has 17 amide bonds. The summed E-state index contributed by atoms with van der Waals surface area (Å²) in [7, 11) is 3.89. The van der Waals surface area contributed by atoms with Crippen molar-refractivity contribution in [1.82, 2.24) is 92.6 Å². The lowest BCUT2D eigenvalue weighted by Gasteiger charge is -2.36. The Bertz CT molecular complexity index is 5030. The van der Waals surface area contributed by atoms with Crippen LogP contribution in [0.2, 0.25) is 0 Å². The Kier molecular flexibility index (Phi) is 37.5. The molecule has 0 saturated carbocycles. The number of carbonyl (C=O) groups is 17. The third-order valence-corrected chi connectivity index (χ3v) is 25.4. The highest BCUT2D eigenvalue weighted by Gasteiger charge is 2.46. The van der Waals surface area contributed by atoms with Gasteiger partial charge in [0.2, 0.25) is 100 Å². The molecule has 6 aromatic rings. The molecule has 3 aromatic heterocycles. The van der Waals surface area contributed by atoms with E-state index in [1.165, 1.54) is 81.1 Å². The van der Waals surface area contributed by atoms with Crippen LogP contribution in [0.3, 0.4) is 0 Å². The summed E-state index contributed by atoms with van der Waals surface area (Å²) in [5.41, 5.74) is 13.6. The minimum atomic E-state index is -1.85. The first kappa shape index (κ1) is 101. The van der Waals surface area contributed by atoms with Crippen LogP contribution in [0.15, 0.2) is 96.9 Å². The number of aliphatic hydroxyl groups excluding tert-OH is 2. The van der Waals surface area contributed by atoms with Crippen molar-refractivity contribution in [1.29, 1.82) is 0 Å². The second kappa shape index (κ2) is 48.2. The second-order valence-corrected chi connectivity index (χ2v) is 35.3. The molecule has 3 aliphatic heterocycles. The number of rotatable bonds is 23. The Hall–Kier alpha value is -12.6. The summed E-state index contributed by atoms with van der Waals surface area (Å²) in [6.07, 6.45) is 4.76. The quantitative estimate of drug-likeness (QED) is 0.0349. The highest BCUT2D eigenvalue weighted by molar-refractivity contribution is 8.00. The first-order valence-corrected chi connectivity index (χ1v) is 45.6. The number of likely N-dealkylation sites (N-methyl/N-ethyl adjacent to an activating group) is 3. The number of aromatic hydroxyl groups is 1. The molecule has 1 unspecified atom stereocenters.